The highest BCUT2D eigenvalue weighted by Crippen LogP contribution is 2.40. The number of rotatable bonds is 4. The van der Waals surface area contributed by atoms with Crippen molar-refractivity contribution >= 4 is 5.69 Å². The van der Waals surface area contributed by atoms with E-state index in [2.05, 4.69) is 10.6 Å². The van der Waals surface area contributed by atoms with Crippen molar-refractivity contribution in [2.75, 3.05) is 12.4 Å². The summed E-state index contributed by atoms with van der Waals surface area (Å²) in [7, 11) is 1.45. The van der Waals surface area contributed by atoms with Gasteiger partial charge in [0.05, 0.1) is 17.4 Å². The van der Waals surface area contributed by atoms with Crippen molar-refractivity contribution in [1.29, 1.82) is 0 Å². The quantitative estimate of drug-likeness (QED) is 0.645. The Hall–Kier alpha value is -1.47. The van der Waals surface area contributed by atoms with Crippen LogP contribution in [0, 0.1) is 0 Å². The number of alkyl halides is 3. The van der Waals surface area contributed by atoms with Crippen molar-refractivity contribution in [3.63, 3.8) is 0 Å². The lowest BCUT2D eigenvalue weighted by molar-refractivity contribution is -0.138. The van der Waals surface area contributed by atoms with Crippen molar-refractivity contribution in [3.05, 3.63) is 23.3 Å². The van der Waals surface area contributed by atoms with E-state index in [4.69, 9.17) is 0 Å². The van der Waals surface area contributed by atoms with E-state index >= 15 is 0 Å². The first-order chi connectivity index (χ1) is 9.82. The van der Waals surface area contributed by atoms with Gasteiger partial charge in [-0.15, -0.1) is 0 Å². The average Bonchev–Trinajstić information content (AvgIpc) is 2.81. The van der Waals surface area contributed by atoms with Gasteiger partial charge in [-0.2, -0.15) is 13.2 Å². The van der Waals surface area contributed by atoms with Crippen LogP contribution >= 0.6 is 0 Å². The van der Waals surface area contributed by atoms with Crippen LogP contribution < -0.4 is 10.6 Å². The molecule has 118 valence electrons. The minimum absolute atomic E-state index is 0.0357. The molecule has 0 unspecified atom stereocenters. The minimum atomic E-state index is -4.61. The molecule has 0 heterocycles. The van der Waals surface area contributed by atoms with Gasteiger partial charge in [-0.1, -0.05) is 0 Å². The van der Waals surface area contributed by atoms with E-state index < -0.39 is 23.6 Å². The molecule has 0 saturated heterocycles. The summed E-state index contributed by atoms with van der Waals surface area (Å²) in [4.78, 5) is 0. The van der Waals surface area contributed by atoms with Crippen LogP contribution in [0.25, 0.3) is 0 Å². The van der Waals surface area contributed by atoms with Crippen LogP contribution in [0.1, 0.15) is 30.4 Å². The van der Waals surface area contributed by atoms with Crippen LogP contribution in [0.3, 0.4) is 0 Å². The highest BCUT2D eigenvalue weighted by Gasteiger charge is 2.35. The molecule has 1 aliphatic carbocycles. The number of aliphatic hydroxyl groups excluding tert-OH is 1. The number of hydrogen-bond donors (Lipinski definition) is 4. The zero-order chi connectivity index (χ0) is 15.6. The smallest absolute Gasteiger partial charge is 0.420 e. The van der Waals surface area contributed by atoms with Gasteiger partial charge in [0.25, 0.3) is 0 Å². The van der Waals surface area contributed by atoms with Crippen LogP contribution in [0.2, 0.25) is 0 Å². The molecule has 0 spiro atoms. The highest BCUT2D eigenvalue weighted by atomic mass is 19.4. The molecule has 2 atom stereocenters. The van der Waals surface area contributed by atoms with Gasteiger partial charge in [0, 0.05) is 19.6 Å². The molecule has 0 bridgehead atoms. The maximum absolute atomic E-state index is 12.9. The van der Waals surface area contributed by atoms with E-state index in [1.54, 1.807) is 0 Å². The molecule has 1 aromatic rings. The molecule has 1 aromatic carbocycles. The van der Waals surface area contributed by atoms with Gasteiger partial charge < -0.3 is 20.8 Å². The molecule has 4 nitrogen and oxygen atoms in total. The Morgan fingerprint density at radius 1 is 1.29 bits per heavy atom. The third-order valence-corrected chi connectivity index (χ3v) is 3.79. The summed E-state index contributed by atoms with van der Waals surface area (Å²) in [5.74, 6) is -0.797. The zero-order valence-electron chi connectivity index (χ0n) is 11.7. The van der Waals surface area contributed by atoms with Crippen LogP contribution in [0.15, 0.2) is 12.1 Å². The maximum Gasteiger partial charge on any atom is 0.420 e. The molecule has 2 rings (SSSR count). The molecule has 1 fully saturated rings. The molecular formula is C14H19F3N2O2. The second kappa shape index (κ2) is 6.11. The molecule has 4 N–H and O–H groups in total. The summed E-state index contributed by atoms with van der Waals surface area (Å²) < 4.78 is 38.7. The van der Waals surface area contributed by atoms with Crippen LogP contribution in [-0.2, 0) is 12.7 Å². The van der Waals surface area contributed by atoms with Crippen molar-refractivity contribution in [2.24, 2.45) is 0 Å². The molecule has 0 radical (unpaired) electrons. The third-order valence-electron chi connectivity index (χ3n) is 3.79. The summed E-state index contributed by atoms with van der Waals surface area (Å²) in [5, 5.41) is 25.0. The Kier molecular flexibility index (Phi) is 4.63. The fraction of sp³-hybridized carbons (Fsp3) is 0.571. The van der Waals surface area contributed by atoms with Crippen LogP contribution in [0.5, 0.6) is 5.75 Å². The topological polar surface area (TPSA) is 64.5 Å². The van der Waals surface area contributed by atoms with Gasteiger partial charge in [0.1, 0.15) is 0 Å². The monoisotopic (exact) mass is 304 g/mol. The van der Waals surface area contributed by atoms with E-state index in [1.807, 2.05) is 0 Å². The van der Waals surface area contributed by atoms with Gasteiger partial charge in [-0.25, -0.2) is 0 Å². The lowest BCUT2D eigenvalue weighted by Gasteiger charge is -2.18. The molecule has 21 heavy (non-hydrogen) atoms. The number of aliphatic hydroxyl groups is 1. The van der Waals surface area contributed by atoms with E-state index in [0.717, 1.165) is 18.9 Å². The molecule has 0 amide bonds. The Morgan fingerprint density at radius 2 is 2.00 bits per heavy atom. The number of anilines is 1. The van der Waals surface area contributed by atoms with Crippen molar-refractivity contribution in [3.8, 4) is 5.75 Å². The zero-order valence-corrected chi connectivity index (χ0v) is 11.7. The average molecular weight is 304 g/mol. The minimum Gasteiger partial charge on any atom is -0.505 e. The number of phenolic OH excluding ortho intramolecular Hbond substituents is 1. The van der Waals surface area contributed by atoms with E-state index in [-0.39, 0.29) is 18.3 Å². The van der Waals surface area contributed by atoms with E-state index in [9.17, 15) is 23.4 Å². The second-order valence-corrected chi connectivity index (χ2v) is 5.27. The normalized spacial score (nSPS) is 22.5. The van der Waals surface area contributed by atoms with Gasteiger partial charge in [0.15, 0.2) is 5.75 Å². The van der Waals surface area contributed by atoms with Gasteiger partial charge in [-0.3, -0.25) is 0 Å². The first-order valence-electron chi connectivity index (χ1n) is 6.85. The summed E-state index contributed by atoms with van der Waals surface area (Å²) in [6.45, 7) is 0.208. The highest BCUT2D eigenvalue weighted by molar-refractivity contribution is 5.61. The molecule has 1 saturated carbocycles. The Labute approximate surface area is 121 Å². The molecular weight excluding hydrogens is 285 g/mol. The standard InChI is InChI=1S/C14H19F3N2O2/c1-18-11-6-8(5-9(13(11)21)14(15,16)17)7-19-10-3-2-4-12(10)20/h5-6,10,12,18-21H,2-4,7H2,1H3/t10-,12-/m0/s1. The lowest BCUT2D eigenvalue weighted by Crippen LogP contribution is -2.35. The predicted molar refractivity (Wildman–Crippen MR) is 73.1 cm³/mol. The number of nitrogens with one attached hydrogen (secondary N) is 2. The fourth-order valence-corrected chi connectivity index (χ4v) is 2.63. The number of halogens is 3. The summed E-state index contributed by atoms with van der Waals surface area (Å²) in [6, 6.07) is 2.31. The van der Waals surface area contributed by atoms with E-state index in [0.29, 0.717) is 12.0 Å². The number of phenols is 1. The Morgan fingerprint density at radius 3 is 2.52 bits per heavy atom. The first kappa shape index (κ1) is 15.9. The van der Waals surface area contributed by atoms with Crippen LogP contribution in [-0.4, -0.2) is 29.4 Å². The predicted octanol–water partition coefficient (Wildman–Crippen LogP) is 2.46. The SMILES string of the molecule is CNc1cc(CN[C@H]2CCC[C@@H]2O)cc(C(F)(F)F)c1O. The fourth-order valence-electron chi connectivity index (χ4n) is 2.63. The number of benzene rings is 1. The lowest BCUT2D eigenvalue weighted by atomic mass is 10.1. The molecule has 7 heteroatoms. The van der Waals surface area contributed by atoms with Gasteiger partial charge in [0.2, 0.25) is 0 Å². The van der Waals surface area contributed by atoms with Crippen LogP contribution in [0.4, 0.5) is 18.9 Å². The summed E-state index contributed by atoms with van der Waals surface area (Å²) in [5.41, 5.74) is -0.615. The van der Waals surface area contributed by atoms with E-state index in [1.165, 1.54) is 13.1 Å². The maximum atomic E-state index is 12.9. The van der Waals surface area contributed by atoms with Crippen molar-refractivity contribution in [1.82, 2.24) is 5.32 Å². The summed E-state index contributed by atoms with van der Waals surface area (Å²) >= 11 is 0. The number of hydrogen-bond acceptors (Lipinski definition) is 4. The molecule has 1 aliphatic rings. The first-order valence-corrected chi connectivity index (χ1v) is 6.85. The van der Waals surface area contributed by atoms with Gasteiger partial charge >= 0.3 is 6.18 Å². The number of aromatic hydroxyl groups is 1. The summed E-state index contributed by atoms with van der Waals surface area (Å²) in [6.07, 6.45) is -2.64. The van der Waals surface area contributed by atoms with Crippen molar-refractivity contribution < 1.29 is 23.4 Å². The van der Waals surface area contributed by atoms with Gasteiger partial charge in [-0.05, 0) is 37.0 Å². The Balaban J connectivity index is 2.19. The second-order valence-electron chi connectivity index (χ2n) is 5.27. The van der Waals surface area contributed by atoms with Crippen molar-refractivity contribution in [2.45, 2.75) is 44.1 Å². The molecule has 0 aliphatic heterocycles. The Bertz CT molecular complexity index is 506. The largest absolute Gasteiger partial charge is 0.505 e. The third kappa shape index (κ3) is 3.59. The molecule has 0 aromatic heterocycles.